The quantitative estimate of drug-likeness (QED) is 0.592. The van der Waals surface area contributed by atoms with Crippen molar-refractivity contribution in [2.45, 2.75) is 47.0 Å². The first-order valence-electron chi connectivity index (χ1n) is 5.02. The lowest BCUT2D eigenvalue weighted by Gasteiger charge is -2.26. The Morgan fingerprint density at radius 1 is 1.46 bits per heavy atom. The van der Waals surface area contributed by atoms with Crippen molar-refractivity contribution < 1.29 is 4.74 Å². The van der Waals surface area contributed by atoms with Crippen LogP contribution in [-0.4, -0.2) is 6.61 Å². The van der Waals surface area contributed by atoms with Crippen LogP contribution in [0.25, 0.3) is 0 Å². The normalized spacial score (nSPS) is 13.5. The maximum Gasteiger partial charge on any atom is 0.286 e. The maximum absolute atomic E-state index is 8.29. The minimum absolute atomic E-state index is 0.129. The molecule has 0 rings (SSSR count). The Kier molecular flexibility index (Phi) is 5.53. The van der Waals surface area contributed by atoms with E-state index in [9.17, 15) is 0 Å². The summed E-state index contributed by atoms with van der Waals surface area (Å²) < 4.78 is 4.78. The van der Waals surface area contributed by atoms with E-state index in [1.165, 1.54) is 12.8 Å². The summed E-state index contributed by atoms with van der Waals surface area (Å²) in [5.74, 6) is 0.724. The average molecular weight is 183 g/mol. The predicted octanol–water partition coefficient (Wildman–Crippen LogP) is 3.34. The molecular weight excluding hydrogens is 162 g/mol. The second kappa shape index (κ2) is 5.85. The summed E-state index contributed by atoms with van der Waals surface area (Å²) in [5, 5.41) is 8.29. The van der Waals surface area contributed by atoms with E-state index >= 15 is 0 Å². The molecular formula is C11H21NO. The van der Waals surface area contributed by atoms with Gasteiger partial charge in [-0.05, 0) is 12.3 Å². The number of hydrogen-bond acceptors (Lipinski definition) is 2. The summed E-state index contributed by atoms with van der Waals surface area (Å²) in [6.45, 7) is 9.30. The van der Waals surface area contributed by atoms with Crippen molar-refractivity contribution >= 4 is 0 Å². The van der Waals surface area contributed by atoms with E-state index in [2.05, 4.69) is 27.7 Å². The van der Waals surface area contributed by atoms with Crippen LogP contribution in [0.3, 0.4) is 0 Å². The molecule has 0 saturated carbocycles. The fourth-order valence-corrected chi connectivity index (χ4v) is 1.82. The number of hydrogen-bond donors (Lipinski definition) is 0. The highest BCUT2D eigenvalue weighted by atomic mass is 16.5. The van der Waals surface area contributed by atoms with Crippen LogP contribution in [0, 0.1) is 22.9 Å². The van der Waals surface area contributed by atoms with Gasteiger partial charge in [-0.3, -0.25) is 0 Å². The average Bonchev–Trinajstić information content (AvgIpc) is 2.00. The minimum atomic E-state index is 0.129. The molecule has 0 aromatic heterocycles. The molecule has 2 heteroatoms. The SMILES string of the molecule is CCCC(C)CC(C)(C)COC#N. The van der Waals surface area contributed by atoms with Crippen LogP contribution < -0.4 is 0 Å². The smallest absolute Gasteiger partial charge is 0.286 e. The van der Waals surface area contributed by atoms with Gasteiger partial charge >= 0.3 is 0 Å². The molecule has 0 heterocycles. The fourth-order valence-electron chi connectivity index (χ4n) is 1.82. The highest BCUT2D eigenvalue weighted by Crippen LogP contribution is 2.27. The largest absolute Gasteiger partial charge is 0.427 e. The van der Waals surface area contributed by atoms with E-state index in [1.807, 2.05) is 0 Å². The van der Waals surface area contributed by atoms with Crippen molar-refractivity contribution in [2.75, 3.05) is 6.61 Å². The minimum Gasteiger partial charge on any atom is -0.427 e. The molecule has 0 aliphatic rings. The van der Waals surface area contributed by atoms with Gasteiger partial charge in [0, 0.05) is 5.41 Å². The fraction of sp³-hybridized carbons (Fsp3) is 0.909. The molecule has 0 fully saturated rings. The third-order valence-electron chi connectivity index (χ3n) is 2.21. The highest BCUT2D eigenvalue weighted by molar-refractivity contribution is 4.72. The van der Waals surface area contributed by atoms with Gasteiger partial charge in [-0.15, -0.1) is 0 Å². The molecule has 2 nitrogen and oxygen atoms in total. The van der Waals surface area contributed by atoms with Crippen molar-refractivity contribution in [3.63, 3.8) is 0 Å². The van der Waals surface area contributed by atoms with E-state index in [4.69, 9.17) is 10.00 Å². The zero-order valence-corrected chi connectivity index (χ0v) is 9.26. The molecule has 0 spiro atoms. The summed E-state index contributed by atoms with van der Waals surface area (Å²) >= 11 is 0. The van der Waals surface area contributed by atoms with Crippen LogP contribution in [-0.2, 0) is 4.74 Å². The number of rotatable bonds is 6. The van der Waals surface area contributed by atoms with Gasteiger partial charge < -0.3 is 4.74 Å². The van der Waals surface area contributed by atoms with E-state index in [-0.39, 0.29) is 5.41 Å². The van der Waals surface area contributed by atoms with Crippen LogP contribution in [0.5, 0.6) is 0 Å². The van der Waals surface area contributed by atoms with Crippen LogP contribution >= 0.6 is 0 Å². The van der Waals surface area contributed by atoms with Gasteiger partial charge in [0.15, 0.2) is 0 Å². The van der Waals surface area contributed by atoms with Crippen molar-refractivity contribution in [3.8, 4) is 6.26 Å². The summed E-state index contributed by atoms with van der Waals surface area (Å²) in [4.78, 5) is 0. The zero-order valence-electron chi connectivity index (χ0n) is 9.26. The molecule has 0 aromatic carbocycles. The van der Waals surface area contributed by atoms with Gasteiger partial charge in [0.1, 0.15) is 6.61 Å². The molecule has 1 atom stereocenters. The first-order chi connectivity index (χ1) is 6.02. The molecule has 76 valence electrons. The van der Waals surface area contributed by atoms with Gasteiger partial charge in [0.05, 0.1) is 0 Å². The van der Waals surface area contributed by atoms with Gasteiger partial charge in [-0.25, -0.2) is 0 Å². The molecule has 0 N–H and O–H groups in total. The van der Waals surface area contributed by atoms with Crippen molar-refractivity contribution in [3.05, 3.63) is 0 Å². The van der Waals surface area contributed by atoms with Crippen molar-refractivity contribution in [1.29, 1.82) is 5.26 Å². The highest BCUT2D eigenvalue weighted by Gasteiger charge is 2.21. The van der Waals surface area contributed by atoms with Crippen molar-refractivity contribution in [1.82, 2.24) is 0 Å². The molecule has 0 bridgehead atoms. The molecule has 0 aliphatic carbocycles. The zero-order chi connectivity index (χ0) is 10.3. The molecule has 0 saturated heterocycles. The third-order valence-corrected chi connectivity index (χ3v) is 2.21. The summed E-state index contributed by atoms with van der Waals surface area (Å²) in [6.07, 6.45) is 5.35. The Morgan fingerprint density at radius 3 is 2.54 bits per heavy atom. The van der Waals surface area contributed by atoms with E-state index in [0.717, 1.165) is 12.3 Å². The second-order valence-corrected chi connectivity index (χ2v) is 4.64. The third kappa shape index (κ3) is 6.45. The van der Waals surface area contributed by atoms with Gasteiger partial charge in [-0.2, -0.15) is 5.26 Å². The molecule has 0 radical (unpaired) electrons. The van der Waals surface area contributed by atoms with Gasteiger partial charge in [0.2, 0.25) is 0 Å². The van der Waals surface area contributed by atoms with Crippen LogP contribution in [0.15, 0.2) is 0 Å². The number of ether oxygens (including phenoxy) is 1. The number of nitriles is 1. The van der Waals surface area contributed by atoms with Crippen LogP contribution in [0.4, 0.5) is 0 Å². The van der Waals surface area contributed by atoms with Gasteiger partial charge in [0.25, 0.3) is 6.26 Å². The van der Waals surface area contributed by atoms with E-state index < -0.39 is 0 Å². The maximum atomic E-state index is 8.29. The second-order valence-electron chi connectivity index (χ2n) is 4.64. The van der Waals surface area contributed by atoms with Crippen LogP contribution in [0.2, 0.25) is 0 Å². The first-order valence-corrected chi connectivity index (χ1v) is 5.02. The summed E-state index contributed by atoms with van der Waals surface area (Å²) in [5.41, 5.74) is 0.129. The molecule has 0 aromatic rings. The summed E-state index contributed by atoms with van der Waals surface area (Å²) in [7, 11) is 0. The van der Waals surface area contributed by atoms with Crippen LogP contribution in [0.1, 0.15) is 47.0 Å². The first kappa shape index (κ1) is 12.3. The Balaban J connectivity index is 3.80. The summed E-state index contributed by atoms with van der Waals surface area (Å²) in [6, 6.07) is 0. The lowest BCUT2D eigenvalue weighted by atomic mass is 9.82. The standard InChI is InChI=1S/C11H21NO/c1-5-6-10(2)7-11(3,4)8-13-9-12/h10H,5-8H2,1-4H3. The Bertz CT molecular complexity index is 169. The lowest BCUT2D eigenvalue weighted by Crippen LogP contribution is -2.21. The van der Waals surface area contributed by atoms with E-state index in [1.54, 1.807) is 6.26 Å². The monoisotopic (exact) mass is 183 g/mol. The predicted molar refractivity (Wildman–Crippen MR) is 54.0 cm³/mol. The molecule has 1 unspecified atom stereocenters. The Hall–Kier alpha value is -0.710. The Labute approximate surface area is 81.9 Å². The Morgan fingerprint density at radius 2 is 2.08 bits per heavy atom. The molecule has 0 amide bonds. The lowest BCUT2D eigenvalue weighted by molar-refractivity contribution is 0.124. The number of nitrogens with zero attached hydrogens (tertiary/aromatic N) is 1. The van der Waals surface area contributed by atoms with E-state index in [0.29, 0.717) is 6.61 Å². The topological polar surface area (TPSA) is 33.0 Å². The van der Waals surface area contributed by atoms with Gasteiger partial charge in [-0.1, -0.05) is 40.5 Å². The van der Waals surface area contributed by atoms with Crippen molar-refractivity contribution in [2.24, 2.45) is 11.3 Å². The molecule has 13 heavy (non-hydrogen) atoms. The molecule has 0 aliphatic heterocycles.